The molecule has 4 heteroatoms. The molecule has 0 atom stereocenters. The minimum Gasteiger partial charge on any atom is -0.287 e. The van der Waals surface area contributed by atoms with E-state index in [0.29, 0.717) is 8.96 Å². The lowest BCUT2D eigenvalue weighted by molar-refractivity contribution is -0.111. The molecule has 1 spiro atoms. The molecule has 0 radical (unpaired) electrons. The van der Waals surface area contributed by atoms with Crippen LogP contribution in [0.4, 0.5) is 0 Å². The summed E-state index contributed by atoms with van der Waals surface area (Å²) in [5, 5.41) is 0.878. The van der Waals surface area contributed by atoms with Gasteiger partial charge in [0.25, 0.3) is 0 Å². The highest BCUT2D eigenvalue weighted by Crippen LogP contribution is 2.44. The summed E-state index contributed by atoms with van der Waals surface area (Å²) in [6.07, 6.45) is 8.92. The summed E-state index contributed by atoms with van der Waals surface area (Å²) in [5.41, 5.74) is -0.180. The zero-order valence-electron chi connectivity index (χ0n) is 7.90. The standard InChI is InChI=1S/C11H9Br2ClO/c12-8-5-11(6-9(13)10(8)15)3-1-2-7(14)4-11/h4-6H,1-3H2. The lowest BCUT2D eigenvalue weighted by atomic mass is 9.76. The first-order valence-corrected chi connectivity index (χ1v) is 6.67. The molecule has 2 aliphatic rings. The zero-order chi connectivity index (χ0) is 11.1. The van der Waals surface area contributed by atoms with Gasteiger partial charge in [0.1, 0.15) is 0 Å². The molecule has 0 unspecified atom stereocenters. The van der Waals surface area contributed by atoms with Gasteiger partial charge in [-0.3, -0.25) is 4.79 Å². The third-order valence-electron chi connectivity index (χ3n) is 2.68. The van der Waals surface area contributed by atoms with Crippen LogP contribution in [-0.2, 0) is 4.79 Å². The summed E-state index contributed by atoms with van der Waals surface area (Å²) in [5.74, 6) is -0.00396. The Bertz CT molecular complexity index is 385. The number of allylic oxidation sites excluding steroid dienone is 6. The maximum atomic E-state index is 11.5. The molecule has 2 rings (SSSR count). The summed E-state index contributed by atoms with van der Waals surface area (Å²) >= 11 is 12.6. The van der Waals surface area contributed by atoms with Crippen LogP contribution < -0.4 is 0 Å². The van der Waals surface area contributed by atoms with Gasteiger partial charge in [0.05, 0.1) is 8.96 Å². The Morgan fingerprint density at radius 1 is 1.20 bits per heavy atom. The highest BCUT2D eigenvalue weighted by Gasteiger charge is 2.32. The third-order valence-corrected chi connectivity index (χ3v) is 4.15. The summed E-state index contributed by atoms with van der Waals surface area (Å²) in [6, 6.07) is 0. The van der Waals surface area contributed by atoms with E-state index in [0.717, 1.165) is 24.3 Å². The van der Waals surface area contributed by atoms with Crippen molar-refractivity contribution in [2.75, 3.05) is 0 Å². The molecule has 0 bridgehead atoms. The Balaban J connectivity index is 2.46. The van der Waals surface area contributed by atoms with E-state index >= 15 is 0 Å². The van der Waals surface area contributed by atoms with Crippen molar-refractivity contribution < 1.29 is 4.79 Å². The van der Waals surface area contributed by atoms with Crippen LogP contribution in [0.5, 0.6) is 0 Å². The van der Waals surface area contributed by atoms with E-state index in [1.165, 1.54) is 0 Å². The summed E-state index contributed by atoms with van der Waals surface area (Å²) in [4.78, 5) is 11.5. The highest BCUT2D eigenvalue weighted by molar-refractivity contribution is 9.13. The number of carbonyl (C=O) groups excluding carboxylic acids is 1. The summed E-state index contributed by atoms with van der Waals surface area (Å²) in [7, 11) is 0. The topological polar surface area (TPSA) is 17.1 Å². The molecule has 0 aromatic rings. The largest absolute Gasteiger partial charge is 0.287 e. The minimum atomic E-state index is -0.180. The highest BCUT2D eigenvalue weighted by atomic mass is 79.9. The van der Waals surface area contributed by atoms with Crippen LogP contribution in [0, 0.1) is 5.41 Å². The van der Waals surface area contributed by atoms with Gasteiger partial charge < -0.3 is 0 Å². The average molecular weight is 352 g/mol. The van der Waals surface area contributed by atoms with E-state index in [4.69, 9.17) is 11.6 Å². The lowest BCUT2D eigenvalue weighted by Crippen LogP contribution is -2.21. The second kappa shape index (κ2) is 4.19. The Kier molecular flexibility index (Phi) is 3.25. The van der Waals surface area contributed by atoms with Crippen molar-refractivity contribution in [3.63, 3.8) is 0 Å². The molecule has 0 heterocycles. The number of halogens is 3. The molecule has 1 nitrogen and oxygen atoms in total. The van der Waals surface area contributed by atoms with E-state index in [9.17, 15) is 4.79 Å². The molecule has 2 aliphatic carbocycles. The van der Waals surface area contributed by atoms with Crippen molar-refractivity contribution in [2.24, 2.45) is 5.41 Å². The van der Waals surface area contributed by atoms with E-state index in [1.807, 2.05) is 18.2 Å². The zero-order valence-corrected chi connectivity index (χ0v) is 11.8. The smallest absolute Gasteiger partial charge is 0.206 e. The molecular formula is C11H9Br2ClO. The molecule has 0 aliphatic heterocycles. The Morgan fingerprint density at radius 2 is 1.80 bits per heavy atom. The van der Waals surface area contributed by atoms with Gasteiger partial charge in [0.2, 0.25) is 5.78 Å². The average Bonchev–Trinajstić information content (AvgIpc) is 2.14. The van der Waals surface area contributed by atoms with E-state index in [2.05, 4.69) is 31.9 Å². The molecule has 0 fully saturated rings. The fraction of sp³-hybridized carbons (Fsp3) is 0.364. The quantitative estimate of drug-likeness (QED) is 0.631. The third kappa shape index (κ3) is 2.29. The van der Waals surface area contributed by atoms with Crippen molar-refractivity contribution in [3.05, 3.63) is 32.2 Å². The van der Waals surface area contributed by atoms with Gasteiger partial charge in [-0.1, -0.05) is 29.8 Å². The first kappa shape index (κ1) is 11.6. The van der Waals surface area contributed by atoms with Crippen LogP contribution >= 0.6 is 43.5 Å². The maximum absolute atomic E-state index is 11.5. The van der Waals surface area contributed by atoms with Gasteiger partial charge in [0, 0.05) is 10.4 Å². The molecule has 0 N–H and O–H groups in total. The number of rotatable bonds is 0. The first-order chi connectivity index (χ1) is 7.02. The van der Waals surface area contributed by atoms with E-state index in [-0.39, 0.29) is 11.2 Å². The molecule has 80 valence electrons. The van der Waals surface area contributed by atoms with Gasteiger partial charge in [-0.05, 0) is 51.1 Å². The second-order valence-electron chi connectivity index (χ2n) is 3.87. The number of ketones is 1. The van der Waals surface area contributed by atoms with Crippen LogP contribution in [0.2, 0.25) is 0 Å². The van der Waals surface area contributed by atoms with Crippen LogP contribution in [0.15, 0.2) is 32.2 Å². The molecular weight excluding hydrogens is 343 g/mol. The number of Topliss-reactive ketones (excluding diaryl/α,β-unsaturated/α-hetero) is 1. The first-order valence-electron chi connectivity index (χ1n) is 4.71. The van der Waals surface area contributed by atoms with Crippen LogP contribution in [0.1, 0.15) is 19.3 Å². The van der Waals surface area contributed by atoms with Crippen molar-refractivity contribution in [2.45, 2.75) is 19.3 Å². The van der Waals surface area contributed by atoms with Crippen molar-refractivity contribution in [1.82, 2.24) is 0 Å². The molecule has 0 aromatic carbocycles. The van der Waals surface area contributed by atoms with Gasteiger partial charge in [0.15, 0.2) is 0 Å². The lowest BCUT2D eigenvalue weighted by Gasteiger charge is -2.31. The number of hydrogen-bond acceptors (Lipinski definition) is 1. The van der Waals surface area contributed by atoms with Crippen molar-refractivity contribution >= 4 is 49.2 Å². The number of hydrogen-bond donors (Lipinski definition) is 0. The van der Waals surface area contributed by atoms with Crippen LogP contribution in [0.25, 0.3) is 0 Å². The summed E-state index contributed by atoms with van der Waals surface area (Å²) in [6.45, 7) is 0. The molecule has 0 saturated heterocycles. The predicted octanol–water partition coefficient (Wildman–Crippen LogP) is 4.42. The van der Waals surface area contributed by atoms with E-state index < -0.39 is 0 Å². The Labute approximate surface area is 111 Å². The normalized spacial score (nSPS) is 24.7. The van der Waals surface area contributed by atoms with E-state index in [1.54, 1.807) is 0 Å². The fourth-order valence-corrected chi connectivity index (χ4v) is 3.87. The molecule has 15 heavy (non-hydrogen) atoms. The second-order valence-corrected chi connectivity index (χ2v) is 6.06. The maximum Gasteiger partial charge on any atom is 0.206 e. The van der Waals surface area contributed by atoms with Gasteiger partial charge in [-0.2, -0.15) is 0 Å². The predicted molar refractivity (Wildman–Crippen MR) is 69.2 cm³/mol. The Hall–Kier alpha value is 0.140. The molecule has 0 amide bonds. The summed E-state index contributed by atoms with van der Waals surface area (Å²) < 4.78 is 1.22. The molecule has 0 aromatic heterocycles. The van der Waals surface area contributed by atoms with Crippen LogP contribution in [-0.4, -0.2) is 5.78 Å². The fourth-order valence-electron chi connectivity index (χ4n) is 1.99. The monoisotopic (exact) mass is 350 g/mol. The van der Waals surface area contributed by atoms with Gasteiger partial charge in [-0.15, -0.1) is 0 Å². The number of carbonyl (C=O) groups is 1. The minimum absolute atomic E-state index is 0.00396. The Morgan fingerprint density at radius 3 is 2.33 bits per heavy atom. The van der Waals surface area contributed by atoms with Gasteiger partial charge >= 0.3 is 0 Å². The van der Waals surface area contributed by atoms with Crippen molar-refractivity contribution in [1.29, 1.82) is 0 Å². The SMILES string of the molecule is O=C1C(Br)=CC2(C=C(Cl)CCC2)C=C1Br. The van der Waals surface area contributed by atoms with Gasteiger partial charge in [-0.25, -0.2) is 0 Å². The molecule has 0 saturated carbocycles. The van der Waals surface area contributed by atoms with Crippen LogP contribution in [0.3, 0.4) is 0 Å². The van der Waals surface area contributed by atoms with Crippen molar-refractivity contribution in [3.8, 4) is 0 Å².